The average molecular weight is 344 g/mol. The van der Waals surface area contributed by atoms with Gasteiger partial charge in [-0.15, -0.1) is 11.3 Å². The molecule has 0 N–H and O–H groups in total. The lowest BCUT2D eigenvalue weighted by Gasteiger charge is -2.27. The van der Waals surface area contributed by atoms with E-state index in [1.165, 1.54) is 43.6 Å². The first-order valence-corrected chi connectivity index (χ1v) is 9.56. The van der Waals surface area contributed by atoms with Crippen molar-refractivity contribution in [3.8, 4) is 5.06 Å². The predicted octanol–water partition coefficient (Wildman–Crippen LogP) is 6.37. The first-order chi connectivity index (χ1) is 11.1. The molecule has 1 saturated carbocycles. The maximum absolute atomic E-state index is 12.5. The van der Waals surface area contributed by atoms with Crippen molar-refractivity contribution in [3.05, 3.63) is 17.0 Å². The van der Waals surface area contributed by atoms with Crippen LogP contribution in [0.1, 0.15) is 76.7 Å². The molecule has 0 amide bonds. The minimum atomic E-state index is -2.51. The van der Waals surface area contributed by atoms with E-state index < -0.39 is 6.43 Å². The number of ether oxygens (including phenoxy) is 1. The SMILES string of the molecule is CCCCCCC1CCC(C(=O)Oc2cc(C(F)F)cs2)CC1. The molecule has 1 aliphatic carbocycles. The molecule has 1 heterocycles. The third-order valence-corrected chi connectivity index (χ3v) is 5.52. The highest BCUT2D eigenvalue weighted by atomic mass is 32.1. The standard InChI is InChI=1S/C18H26F2O2S/c1-2-3-4-5-6-13-7-9-14(10-8-13)18(21)22-16-11-15(12-23-16)17(19)20/h11-14,17H,2-10H2,1H3. The Morgan fingerprint density at radius 1 is 1.26 bits per heavy atom. The van der Waals surface area contributed by atoms with Gasteiger partial charge < -0.3 is 4.74 Å². The van der Waals surface area contributed by atoms with Gasteiger partial charge in [0, 0.05) is 17.0 Å². The van der Waals surface area contributed by atoms with Gasteiger partial charge in [-0.3, -0.25) is 4.79 Å². The van der Waals surface area contributed by atoms with Gasteiger partial charge in [-0.25, -0.2) is 8.78 Å². The van der Waals surface area contributed by atoms with Crippen molar-refractivity contribution < 1.29 is 18.3 Å². The minimum absolute atomic E-state index is 0.0704. The minimum Gasteiger partial charge on any atom is -0.415 e. The van der Waals surface area contributed by atoms with Crippen LogP contribution >= 0.6 is 11.3 Å². The van der Waals surface area contributed by atoms with E-state index in [0.29, 0.717) is 0 Å². The van der Waals surface area contributed by atoms with Crippen LogP contribution < -0.4 is 4.74 Å². The molecule has 23 heavy (non-hydrogen) atoms. The van der Waals surface area contributed by atoms with Gasteiger partial charge in [0.05, 0.1) is 5.92 Å². The molecule has 2 rings (SSSR count). The number of unbranched alkanes of at least 4 members (excludes halogenated alkanes) is 3. The Kier molecular flexibility index (Phi) is 7.47. The number of rotatable bonds is 8. The fourth-order valence-electron chi connectivity index (χ4n) is 3.23. The van der Waals surface area contributed by atoms with Gasteiger partial charge >= 0.3 is 5.97 Å². The summed E-state index contributed by atoms with van der Waals surface area (Å²) in [5.41, 5.74) is -0.0754. The predicted molar refractivity (Wildman–Crippen MR) is 89.1 cm³/mol. The fourth-order valence-corrected chi connectivity index (χ4v) is 3.98. The molecule has 0 aliphatic heterocycles. The van der Waals surface area contributed by atoms with Crippen LogP contribution in [-0.4, -0.2) is 5.97 Å². The lowest BCUT2D eigenvalue weighted by atomic mass is 9.80. The number of alkyl halides is 2. The molecule has 2 nitrogen and oxygen atoms in total. The summed E-state index contributed by atoms with van der Waals surface area (Å²) in [6, 6.07) is 1.27. The van der Waals surface area contributed by atoms with Crippen molar-refractivity contribution in [2.45, 2.75) is 71.1 Å². The largest absolute Gasteiger partial charge is 0.415 e. The maximum Gasteiger partial charge on any atom is 0.315 e. The Bertz CT molecular complexity index is 479. The number of esters is 1. The summed E-state index contributed by atoms with van der Waals surface area (Å²) < 4.78 is 30.3. The maximum atomic E-state index is 12.5. The van der Waals surface area contributed by atoms with Gasteiger partial charge in [0.1, 0.15) is 0 Å². The van der Waals surface area contributed by atoms with E-state index in [-0.39, 0.29) is 22.5 Å². The molecule has 130 valence electrons. The molecule has 0 atom stereocenters. The summed E-state index contributed by atoms with van der Waals surface area (Å²) in [6.45, 7) is 2.22. The second-order valence-electron chi connectivity index (χ2n) is 6.49. The molecule has 0 unspecified atom stereocenters. The first kappa shape index (κ1) is 18.4. The third-order valence-electron chi connectivity index (χ3n) is 4.69. The quantitative estimate of drug-likeness (QED) is 0.405. The Morgan fingerprint density at radius 2 is 2.00 bits per heavy atom. The van der Waals surface area contributed by atoms with Crippen LogP contribution in [0.25, 0.3) is 0 Å². The van der Waals surface area contributed by atoms with E-state index >= 15 is 0 Å². The normalized spacial score (nSPS) is 21.6. The van der Waals surface area contributed by atoms with Gasteiger partial charge in [-0.2, -0.15) is 0 Å². The Balaban J connectivity index is 1.70. The Morgan fingerprint density at radius 3 is 2.61 bits per heavy atom. The molecule has 1 aromatic heterocycles. The molecular weight excluding hydrogens is 318 g/mol. The summed E-state index contributed by atoms with van der Waals surface area (Å²) in [5, 5.41) is 1.63. The highest BCUT2D eigenvalue weighted by Crippen LogP contribution is 2.35. The monoisotopic (exact) mass is 344 g/mol. The van der Waals surface area contributed by atoms with Crippen molar-refractivity contribution in [2.24, 2.45) is 11.8 Å². The molecule has 1 fully saturated rings. The van der Waals surface area contributed by atoms with Crippen LogP contribution in [-0.2, 0) is 4.79 Å². The van der Waals surface area contributed by atoms with E-state index in [2.05, 4.69) is 6.92 Å². The lowest BCUT2D eigenvalue weighted by Crippen LogP contribution is -2.25. The van der Waals surface area contributed by atoms with Crippen LogP contribution in [0, 0.1) is 11.8 Å². The average Bonchev–Trinajstić information content (AvgIpc) is 3.01. The summed E-state index contributed by atoms with van der Waals surface area (Å²) in [6.07, 6.45) is 7.82. The van der Waals surface area contributed by atoms with Crippen molar-refractivity contribution >= 4 is 17.3 Å². The number of thiophene rings is 1. The second kappa shape index (κ2) is 9.36. The van der Waals surface area contributed by atoms with Crippen LogP contribution in [0.5, 0.6) is 5.06 Å². The summed E-state index contributed by atoms with van der Waals surface area (Å²) in [5.74, 6) is 0.416. The zero-order valence-corrected chi connectivity index (χ0v) is 14.5. The number of carbonyl (C=O) groups excluding carboxylic acids is 1. The van der Waals surface area contributed by atoms with E-state index in [0.717, 1.165) is 42.9 Å². The smallest absolute Gasteiger partial charge is 0.315 e. The zero-order chi connectivity index (χ0) is 16.7. The molecule has 0 aromatic carbocycles. The van der Waals surface area contributed by atoms with Crippen LogP contribution in [0.4, 0.5) is 8.78 Å². The summed E-state index contributed by atoms with van der Waals surface area (Å²) in [4.78, 5) is 12.1. The van der Waals surface area contributed by atoms with Crippen LogP contribution in [0.3, 0.4) is 0 Å². The molecule has 0 saturated heterocycles. The molecule has 5 heteroatoms. The summed E-state index contributed by atoms with van der Waals surface area (Å²) >= 11 is 1.06. The molecule has 1 aromatic rings. The zero-order valence-electron chi connectivity index (χ0n) is 13.7. The van der Waals surface area contributed by atoms with Crippen molar-refractivity contribution in [2.75, 3.05) is 0 Å². The molecule has 0 radical (unpaired) electrons. The van der Waals surface area contributed by atoms with Crippen molar-refractivity contribution in [1.29, 1.82) is 0 Å². The van der Waals surface area contributed by atoms with Gasteiger partial charge in [0.25, 0.3) is 6.43 Å². The second-order valence-corrected chi connectivity index (χ2v) is 7.36. The van der Waals surface area contributed by atoms with Gasteiger partial charge in [-0.05, 0) is 31.6 Å². The van der Waals surface area contributed by atoms with Crippen molar-refractivity contribution in [1.82, 2.24) is 0 Å². The molecule has 0 spiro atoms. The Hall–Kier alpha value is -0.970. The summed E-state index contributed by atoms with van der Waals surface area (Å²) in [7, 11) is 0. The highest BCUT2D eigenvalue weighted by Gasteiger charge is 2.28. The molecule has 1 aliphatic rings. The number of hydrogen-bond acceptors (Lipinski definition) is 3. The molecular formula is C18H26F2O2S. The van der Waals surface area contributed by atoms with Crippen LogP contribution in [0.15, 0.2) is 11.4 Å². The van der Waals surface area contributed by atoms with Gasteiger partial charge in [0.15, 0.2) is 5.06 Å². The van der Waals surface area contributed by atoms with Gasteiger partial charge in [-0.1, -0.05) is 39.0 Å². The van der Waals surface area contributed by atoms with E-state index in [9.17, 15) is 13.6 Å². The topological polar surface area (TPSA) is 26.3 Å². The highest BCUT2D eigenvalue weighted by molar-refractivity contribution is 7.12. The lowest BCUT2D eigenvalue weighted by molar-refractivity contribution is -0.140. The van der Waals surface area contributed by atoms with Gasteiger partial charge in [0.2, 0.25) is 0 Å². The van der Waals surface area contributed by atoms with Crippen LogP contribution in [0.2, 0.25) is 0 Å². The van der Waals surface area contributed by atoms with E-state index in [1.807, 2.05) is 0 Å². The number of hydrogen-bond donors (Lipinski definition) is 0. The van der Waals surface area contributed by atoms with E-state index in [4.69, 9.17) is 4.74 Å². The number of carbonyl (C=O) groups is 1. The Labute approximate surface area is 141 Å². The number of halogens is 2. The fraction of sp³-hybridized carbons (Fsp3) is 0.722. The first-order valence-electron chi connectivity index (χ1n) is 8.68. The molecule has 0 bridgehead atoms. The third kappa shape index (κ3) is 5.87. The van der Waals surface area contributed by atoms with Crippen molar-refractivity contribution in [3.63, 3.8) is 0 Å². The van der Waals surface area contributed by atoms with E-state index in [1.54, 1.807) is 0 Å².